The van der Waals surface area contributed by atoms with Crippen LogP contribution in [0, 0.1) is 0 Å². The fraction of sp³-hybridized carbons (Fsp3) is 0.830. The Labute approximate surface area is 861 Å². The number of carbonyl (C=O) groups excluding carboxylic acids is 1. The number of aryl methyl sites for hydroxylation is 1. The zero-order chi connectivity index (χ0) is 105. The maximum absolute atomic E-state index is 13.7. The molecule has 0 aliphatic rings. The molecule has 8 atom stereocenters. The smallest absolute Gasteiger partial charge is 0.437 e. The number of amides is 1. The molecule has 4 rings (SSSR count). The van der Waals surface area contributed by atoms with Crippen LogP contribution >= 0.6 is 23.1 Å². The number of fused-ring (bicyclic) bond motifs is 2. The molecule has 0 spiro atoms. The second kappa shape index (κ2) is 60.5. The van der Waals surface area contributed by atoms with Crippen LogP contribution < -0.4 is 16.4 Å². The van der Waals surface area contributed by atoms with Gasteiger partial charge in [0.1, 0.15) is 0 Å². The summed E-state index contributed by atoms with van der Waals surface area (Å²) in [5.74, 6) is 0. The average Bonchev–Trinajstić information content (AvgIpc) is 1.56. The topological polar surface area (TPSA) is 317 Å². The van der Waals surface area contributed by atoms with Crippen LogP contribution in [0.5, 0.6) is 0 Å². The van der Waals surface area contributed by atoms with Crippen molar-refractivity contribution in [3.8, 4) is 0 Å². The SMILES string of the molecule is CCO[Si](CCC[Si](C)(O[Si](C)(C)C)O[Si](C)(CCCOCCOCCNC(=O)n1sc2ccccc2c1=O)O[Si](C)(C)O[Si](C)(CCCOCCO)O[Si](C)(CCC[Si](C)(C)C)O[Si](C)(C)C)(OCC)OCC.CCO[Si](CCC[Si](C)(O[Si](C)(C)C)O[Si](C)(CCn1sc2ccccc2c1=O)O[Si](C)(C)O[Si](C)(CCCOCCO)O[Si](C)(CCC[Si](C)(C)C)O[Si](C)(C)C)(OCC)OCC. The van der Waals surface area contributed by atoms with E-state index in [0.717, 1.165) is 80.9 Å². The van der Waals surface area contributed by atoms with E-state index in [4.69, 9.17) is 94.9 Å². The molecular weight excluding hydrogens is 2100 g/mol. The second-order valence-corrected chi connectivity index (χ2v) is 118. The van der Waals surface area contributed by atoms with Crippen molar-refractivity contribution in [3.63, 3.8) is 0 Å². The van der Waals surface area contributed by atoms with E-state index in [-0.39, 0.29) is 44.1 Å². The van der Waals surface area contributed by atoms with Gasteiger partial charge in [-0.05, 0) is 309 Å². The largest absolute Gasteiger partial charge is 0.500 e. The van der Waals surface area contributed by atoms with Crippen molar-refractivity contribution in [2.75, 3.05) is 112 Å². The first-order chi connectivity index (χ1) is 63.7. The lowest BCUT2D eigenvalue weighted by Crippen LogP contribution is -2.63. The third-order valence-corrected chi connectivity index (χ3v) is 88.8. The summed E-state index contributed by atoms with van der Waals surface area (Å²) >= 11 is 2.61. The van der Waals surface area contributed by atoms with Gasteiger partial charge in [-0.15, -0.1) is 0 Å². The fourth-order valence-corrected chi connectivity index (χ4v) is 99.1. The van der Waals surface area contributed by atoms with Crippen LogP contribution in [0.1, 0.15) is 86.5 Å². The van der Waals surface area contributed by atoms with E-state index in [0.29, 0.717) is 146 Å². The van der Waals surface area contributed by atoms with Gasteiger partial charge in [-0.2, -0.15) is 3.96 Å². The van der Waals surface area contributed by atoms with E-state index < -0.39 is 159 Å². The molecule has 0 saturated heterocycles. The van der Waals surface area contributed by atoms with Crippen molar-refractivity contribution in [1.29, 1.82) is 0 Å². The number of carbonyl (C=O) groups is 1. The molecule has 138 heavy (non-hydrogen) atoms. The Morgan fingerprint density at radius 3 is 0.862 bits per heavy atom. The van der Waals surface area contributed by atoms with Gasteiger partial charge in [0.25, 0.3) is 11.1 Å². The minimum Gasteiger partial charge on any atom is -0.437 e. The van der Waals surface area contributed by atoms with Gasteiger partial charge in [-0.3, -0.25) is 13.5 Å². The summed E-state index contributed by atoms with van der Waals surface area (Å²) in [6.45, 7) is 86.0. The lowest BCUT2D eigenvalue weighted by molar-refractivity contribution is 0.0491. The number of rotatable bonds is 77. The number of aromatic nitrogens is 2. The molecule has 2 heterocycles. The van der Waals surface area contributed by atoms with Gasteiger partial charge in [-0.1, -0.05) is 100 Å². The molecule has 30 nitrogen and oxygen atoms in total. The summed E-state index contributed by atoms with van der Waals surface area (Å²) in [5, 5.41) is 22.9. The first kappa shape index (κ1) is 132. The van der Waals surface area contributed by atoms with E-state index in [1.54, 1.807) is 12.1 Å². The van der Waals surface area contributed by atoms with Crippen LogP contribution in [0.4, 0.5) is 4.79 Å². The summed E-state index contributed by atoms with van der Waals surface area (Å²) in [6, 6.07) is 24.0. The molecule has 1 amide bonds. The number of hydrogen-bond acceptors (Lipinski definition) is 29. The first-order valence-electron chi connectivity index (χ1n) is 50.9. The average molecular weight is 2300 g/mol. The molecule has 4 aromatic rings. The molecule has 2 aromatic carbocycles. The van der Waals surface area contributed by atoms with Crippen LogP contribution in [-0.4, -0.2) is 289 Å². The molecule has 2 aromatic heterocycles. The Hall–Kier alpha value is 0.234. The Morgan fingerprint density at radius 1 is 0.304 bits per heavy atom. The first-order valence-corrected chi connectivity index (χ1v) is 103. The van der Waals surface area contributed by atoms with E-state index in [1.165, 1.54) is 23.6 Å². The molecule has 0 radical (unpaired) electrons. The van der Waals surface area contributed by atoms with Crippen LogP contribution in [0.3, 0.4) is 0 Å². The quantitative estimate of drug-likeness (QED) is 0.0273. The summed E-state index contributed by atoms with van der Waals surface area (Å²) in [5.41, 5.74) is -0.321. The Kier molecular flexibility index (Phi) is 58.0. The summed E-state index contributed by atoms with van der Waals surface area (Å²) < 4.78 is 154. The minimum absolute atomic E-state index is 0.00435. The molecule has 0 aliphatic heterocycles. The van der Waals surface area contributed by atoms with E-state index in [2.05, 4.69) is 202 Å². The maximum Gasteiger partial charge on any atom is 0.500 e. The van der Waals surface area contributed by atoms with E-state index in [1.807, 2.05) is 81.9 Å². The highest BCUT2D eigenvalue weighted by atomic mass is 32.1. The van der Waals surface area contributed by atoms with E-state index in [9.17, 15) is 24.6 Å². The Morgan fingerprint density at radius 2 is 0.572 bits per heavy atom. The number of benzene rings is 2. The predicted molar refractivity (Wildman–Crippen MR) is 611 cm³/mol. The molecule has 50 heteroatoms. The Bertz CT molecular complexity index is 4190. The lowest BCUT2D eigenvalue weighted by atomic mass is 10.3. The molecular formula is C88H193N3O27S2Si18. The molecule has 0 aliphatic carbocycles. The third-order valence-electron chi connectivity index (χ3n) is 21.3. The summed E-state index contributed by atoms with van der Waals surface area (Å²) in [6.07, 6.45) is 5.78. The van der Waals surface area contributed by atoms with Crippen molar-refractivity contribution >= 4 is 202 Å². The van der Waals surface area contributed by atoms with Crippen molar-refractivity contribution < 1.29 is 110 Å². The number of hydrogen-bond donors (Lipinski definition) is 3. The highest BCUT2D eigenvalue weighted by Gasteiger charge is 2.57. The van der Waals surface area contributed by atoms with Crippen molar-refractivity contribution in [3.05, 3.63) is 69.2 Å². The number of aliphatic hydroxyl groups is 2. The van der Waals surface area contributed by atoms with Gasteiger partial charge >= 0.3 is 109 Å². The van der Waals surface area contributed by atoms with Crippen LogP contribution in [-0.2, 0) is 101 Å². The maximum atomic E-state index is 13.7. The summed E-state index contributed by atoms with van der Waals surface area (Å²) in [7, 11) is -46.7. The molecule has 0 saturated carbocycles. The summed E-state index contributed by atoms with van der Waals surface area (Å²) in [4.78, 5) is 39.2. The van der Waals surface area contributed by atoms with Crippen LogP contribution in [0.25, 0.3) is 20.2 Å². The molecule has 3 N–H and O–H groups in total. The number of aliphatic hydroxyl groups excluding tert-OH is 2. The van der Waals surface area contributed by atoms with Crippen molar-refractivity contribution in [2.45, 2.75) is 362 Å². The minimum atomic E-state index is -3.24. The molecule has 0 fully saturated rings. The van der Waals surface area contributed by atoms with Gasteiger partial charge in [0, 0.05) is 107 Å². The van der Waals surface area contributed by atoms with Crippen molar-refractivity contribution in [2.24, 2.45) is 0 Å². The van der Waals surface area contributed by atoms with Gasteiger partial charge in [0.2, 0.25) is 0 Å². The number of nitrogens with zero attached hydrogens (tertiary/aromatic N) is 2. The monoisotopic (exact) mass is 2290 g/mol. The second-order valence-electron chi connectivity index (χ2n) is 44.4. The molecule has 8 unspecified atom stereocenters. The number of ether oxygens (including phenoxy) is 4. The van der Waals surface area contributed by atoms with Gasteiger partial charge in [0.15, 0.2) is 33.3 Å². The lowest BCUT2D eigenvalue weighted by Gasteiger charge is -2.46. The molecule has 806 valence electrons. The van der Waals surface area contributed by atoms with Gasteiger partial charge in [-0.25, -0.2) is 4.79 Å². The third kappa shape index (κ3) is 54.3. The standard InChI is InChI=1S/C47H102N2O15SSi9.C41H91NO12SSi9/c1-19-56-74(57-20-2,58-21-3)43-27-42-71(16,60-68(10,11)12)64-73(18,40-25-33-54-36-37-55-34-30-48-47(52)49-46(51)44-28-22-23-29-45(44)65-49)62-69(13,14)61-72(17,39-24-32-53-35-31-50)63-70(15,59-67(7,8)9)41-26-38-66(4,5)6;1-19-46-64(47-20-2,48-21-3)37-26-36-61(16,50-58(10,11)12)54-63(18,38-29-42-41(44)39-27-22-23-28-40(39)55-42)52-59(13,14)51-62(17,34-24-31-45-32-30-43)53-60(15,49-57(7,8)9)35-25-33-56(4,5)6/h22-23,28-29,50H,19-21,24-27,30-43H2,1-18H3,(H,48,52);22-23,27-28,43H,19-21,24-26,29-38H2,1-18H3. The fourth-order valence-electron chi connectivity index (χ4n) is 17.7. The van der Waals surface area contributed by atoms with Crippen LogP contribution in [0.15, 0.2) is 58.1 Å². The highest BCUT2D eigenvalue weighted by Crippen LogP contribution is 2.41. The van der Waals surface area contributed by atoms with Crippen molar-refractivity contribution in [1.82, 2.24) is 13.2 Å². The van der Waals surface area contributed by atoms with Crippen LogP contribution in [0.2, 0.25) is 269 Å². The normalized spacial score (nSPS) is 16.9. The zero-order valence-corrected chi connectivity index (χ0v) is 112. The Balaban J connectivity index is 0.000000718. The zero-order valence-electron chi connectivity index (χ0n) is 92.6. The van der Waals surface area contributed by atoms with Gasteiger partial charge in [0.05, 0.1) is 66.4 Å². The van der Waals surface area contributed by atoms with E-state index >= 15 is 0 Å². The molecule has 0 bridgehead atoms. The van der Waals surface area contributed by atoms with Gasteiger partial charge < -0.3 is 110 Å². The number of nitrogens with one attached hydrogen (secondary N) is 1. The highest BCUT2D eigenvalue weighted by molar-refractivity contribution is 7.15. The predicted octanol–water partition coefficient (Wildman–Crippen LogP) is 22.8.